The Balaban J connectivity index is 1.54. The number of carbonyl (C=O) groups is 1. The number of hydrogen-bond acceptors (Lipinski definition) is 5. The number of hydrogen-bond donors (Lipinski definition) is 1. The van der Waals surface area contributed by atoms with Crippen LogP contribution in [0.2, 0.25) is 0 Å². The molecule has 2 aromatic carbocycles. The van der Waals surface area contributed by atoms with Crippen LogP contribution in [-0.4, -0.2) is 21.2 Å². The normalized spacial score (nSPS) is 11.0. The number of nitrogens with one attached hydrogen (secondary N) is 1. The Morgan fingerprint density at radius 3 is 2.63 bits per heavy atom. The molecule has 152 valence electrons. The third-order valence-electron chi connectivity index (χ3n) is 4.76. The van der Waals surface area contributed by atoms with Crippen molar-refractivity contribution >= 4 is 44.9 Å². The maximum atomic E-state index is 12.8. The number of carbonyl (C=O) groups excluding carboxylic acids is 1. The van der Waals surface area contributed by atoms with Crippen molar-refractivity contribution < 1.29 is 4.79 Å². The van der Waals surface area contributed by atoms with E-state index in [4.69, 9.17) is 0 Å². The van der Waals surface area contributed by atoms with Gasteiger partial charge in [0.15, 0.2) is 5.16 Å². The summed E-state index contributed by atoms with van der Waals surface area (Å²) in [7, 11) is 1.70. The van der Waals surface area contributed by atoms with Crippen LogP contribution in [0.4, 0.5) is 5.69 Å². The van der Waals surface area contributed by atoms with E-state index in [0.717, 1.165) is 27.3 Å². The zero-order chi connectivity index (χ0) is 21.3. The van der Waals surface area contributed by atoms with E-state index < -0.39 is 0 Å². The largest absolute Gasteiger partial charge is 0.325 e. The smallest absolute Gasteiger partial charge is 0.271 e. The van der Waals surface area contributed by atoms with Gasteiger partial charge < -0.3 is 5.32 Å². The Morgan fingerprint density at radius 2 is 1.90 bits per heavy atom. The third-order valence-corrected chi connectivity index (χ3v) is 6.95. The topological polar surface area (TPSA) is 64.0 Å². The number of amides is 1. The van der Waals surface area contributed by atoms with Crippen LogP contribution < -0.4 is 10.9 Å². The lowest BCUT2D eigenvalue weighted by molar-refractivity contribution is -0.113. The number of fused-ring (bicyclic) bond motifs is 1. The molecule has 0 aliphatic heterocycles. The summed E-state index contributed by atoms with van der Waals surface area (Å²) in [4.78, 5) is 30.9. The highest BCUT2D eigenvalue weighted by Crippen LogP contribution is 2.31. The van der Waals surface area contributed by atoms with Crippen LogP contribution in [0.25, 0.3) is 20.7 Å². The van der Waals surface area contributed by atoms with E-state index in [9.17, 15) is 9.59 Å². The van der Waals surface area contributed by atoms with Crippen molar-refractivity contribution in [2.24, 2.45) is 7.05 Å². The molecule has 7 heteroatoms. The minimum absolute atomic E-state index is 0.0931. The maximum absolute atomic E-state index is 12.8. The highest BCUT2D eigenvalue weighted by atomic mass is 32.2. The molecular weight excluding hydrogens is 414 g/mol. The van der Waals surface area contributed by atoms with Crippen LogP contribution in [0.5, 0.6) is 0 Å². The summed E-state index contributed by atoms with van der Waals surface area (Å²) in [5.41, 5.74) is 4.60. The van der Waals surface area contributed by atoms with Gasteiger partial charge in [-0.1, -0.05) is 59.8 Å². The van der Waals surface area contributed by atoms with Gasteiger partial charge in [0, 0.05) is 17.6 Å². The van der Waals surface area contributed by atoms with E-state index in [1.165, 1.54) is 27.7 Å². The van der Waals surface area contributed by atoms with Gasteiger partial charge in [0.05, 0.1) is 11.3 Å². The Labute approximate surface area is 182 Å². The maximum Gasteiger partial charge on any atom is 0.271 e. The second kappa shape index (κ2) is 8.45. The molecule has 1 N–H and O–H groups in total. The number of benzene rings is 2. The lowest BCUT2D eigenvalue weighted by atomic mass is 10.1. The second-order valence-corrected chi connectivity index (χ2v) is 9.10. The van der Waals surface area contributed by atoms with Crippen LogP contribution >= 0.6 is 23.1 Å². The van der Waals surface area contributed by atoms with Crippen LogP contribution in [0.15, 0.2) is 64.5 Å². The van der Waals surface area contributed by atoms with Crippen molar-refractivity contribution in [3.05, 3.63) is 76.1 Å². The molecule has 0 unspecified atom stereocenters. The van der Waals surface area contributed by atoms with Crippen molar-refractivity contribution in [1.29, 1.82) is 0 Å². The van der Waals surface area contributed by atoms with Crippen molar-refractivity contribution in [2.45, 2.75) is 19.0 Å². The lowest BCUT2D eigenvalue weighted by Gasteiger charge is -2.10. The number of thioether (sulfide) groups is 1. The summed E-state index contributed by atoms with van der Waals surface area (Å²) in [6.07, 6.45) is 0. The zero-order valence-electron chi connectivity index (χ0n) is 16.9. The molecule has 4 rings (SSSR count). The highest BCUT2D eigenvalue weighted by Gasteiger charge is 2.15. The van der Waals surface area contributed by atoms with Gasteiger partial charge in [0.2, 0.25) is 5.91 Å². The van der Waals surface area contributed by atoms with E-state index in [0.29, 0.717) is 15.4 Å². The average Bonchev–Trinajstić information content (AvgIpc) is 3.17. The number of anilines is 1. The molecular formula is C23H21N3O2S2. The molecule has 4 aromatic rings. The minimum Gasteiger partial charge on any atom is -0.325 e. The molecule has 5 nitrogen and oxygen atoms in total. The van der Waals surface area contributed by atoms with Crippen molar-refractivity contribution in [2.75, 3.05) is 11.1 Å². The Kier molecular flexibility index (Phi) is 5.74. The van der Waals surface area contributed by atoms with Crippen molar-refractivity contribution in [3.63, 3.8) is 0 Å². The van der Waals surface area contributed by atoms with Gasteiger partial charge in [-0.2, -0.15) is 0 Å². The first-order valence-electron chi connectivity index (χ1n) is 9.48. The quantitative estimate of drug-likeness (QED) is 0.354. The lowest BCUT2D eigenvalue weighted by Crippen LogP contribution is -2.20. The molecule has 0 saturated heterocycles. The highest BCUT2D eigenvalue weighted by molar-refractivity contribution is 7.99. The first kappa shape index (κ1) is 20.4. The van der Waals surface area contributed by atoms with Gasteiger partial charge in [0.25, 0.3) is 5.56 Å². The molecule has 2 aromatic heterocycles. The molecule has 0 bridgehead atoms. The number of thiophene rings is 1. The SMILES string of the molecule is Cc1ccc(NC(=O)CSc2nc3cc(-c4ccccc4)sc3c(=O)n2C)c(C)c1. The molecule has 30 heavy (non-hydrogen) atoms. The predicted molar refractivity (Wildman–Crippen MR) is 126 cm³/mol. The summed E-state index contributed by atoms with van der Waals surface area (Å²) < 4.78 is 2.14. The van der Waals surface area contributed by atoms with Gasteiger partial charge in [-0.25, -0.2) is 4.98 Å². The Hall–Kier alpha value is -2.90. The van der Waals surface area contributed by atoms with Crippen LogP contribution in [0.1, 0.15) is 11.1 Å². The fourth-order valence-corrected chi connectivity index (χ4v) is 5.03. The van der Waals surface area contributed by atoms with Crippen LogP contribution in [0.3, 0.4) is 0 Å². The number of aromatic nitrogens is 2. The second-order valence-electron chi connectivity index (χ2n) is 7.10. The van der Waals surface area contributed by atoms with Gasteiger partial charge in [-0.05, 0) is 37.1 Å². The molecule has 1 amide bonds. The number of nitrogens with zero attached hydrogens (tertiary/aromatic N) is 2. The van der Waals surface area contributed by atoms with E-state index in [-0.39, 0.29) is 17.2 Å². The van der Waals surface area contributed by atoms with Gasteiger partial charge in [0.1, 0.15) is 4.70 Å². The molecule has 0 atom stereocenters. The first-order valence-corrected chi connectivity index (χ1v) is 11.3. The molecule has 0 spiro atoms. The molecule has 0 fully saturated rings. The van der Waals surface area contributed by atoms with Crippen LogP contribution in [0, 0.1) is 13.8 Å². The summed E-state index contributed by atoms with van der Waals surface area (Å²) >= 11 is 2.71. The Morgan fingerprint density at radius 1 is 1.13 bits per heavy atom. The molecule has 2 heterocycles. The number of rotatable bonds is 5. The zero-order valence-corrected chi connectivity index (χ0v) is 18.6. The van der Waals surface area contributed by atoms with Crippen molar-refractivity contribution in [3.8, 4) is 10.4 Å². The molecule has 0 aliphatic carbocycles. The predicted octanol–water partition coefficient (Wildman–Crippen LogP) is 5.01. The summed E-state index contributed by atoms with van der Waals surface area (Å²) in [6, 6.07) is 17.8. The van der Waals surface area contributed by atoms with Gasteiger partial charge in [-0.15, -0.1) is 11.3 Å². The fraction of sp³-hybridized carbons (Fsp3) is 0.174. The Bertz CT molecular complexity index is 1290. The van der Waals surface area contributed by atoms with Gasteiger partial charge >= 0.3 is 0 Å². The van der Waals surface area contributed by atoms with Crippen molar-refractivity contribution in [1.82, 2.24) is 9.55 Å². The third kappa shape index (κ3) is 4.17. The van der Waals surface area contributed by atoms with E-state index in [2.05, 4.69) is 10.3 Å². The number of aryl methyl sites for hydroxylation is 2. The minimum atomic E-state index is -0.128. The molecule has 0 saturated carbocycles. The molecule has 0 aliphatic rings. The summed E-state index contributed by atoms with van der Waals surface area (Å²) in [5, 5.41) is 3.46. The van der Waals surface area contributed by atoms with E-state index >= 15 is 0 Å². The first-order chi connectivity index (χ1) is 14.4. The van der Waals surface area contributed by atoms with E-state index in [1.807, 2.05) is 68.4 Å². The fourth-order valence-electron chi connectivity index (χ4n) is 3.18. The summed E-state index contributed by atoms with van der Waals surface area (Å²) in [5.74, 6) is 0.0472. The monoisotopic (exact) mass is 435 g/mol. The standard InChI is InChI=1S/C23H21N3O2S2/c1-14-9-10-17(15(2)11-14)24-20(27)13-29-23-25-18-12-19(16-7-5-4-6-8-16)30-21(18)22(28)26(23)3/h4-12H,13H2,1-3H3,(H,24,27). The van der Waals surface area contributed by atoms with Crippen LogP contribution in [-0.2, 0) is 11.8 Å². The van der Waals surface area contributed by atoms with E-state index in [1.54, 1.807) is 7.05 Å². The summed E-state index contributed by atoms with van der Waals surface area (Å²) in [6.45, 7) is 3.99. The average molecular weight is 436 g/mol. The van der Waals surface area contributed by atoms with Gasteiger partial charge in [-0.3, -0.25) is 14.2 Å². The molecule has 0 radical (unpaired) electrons.